The maximum Gasteiger partial charge on any atom is 0.292 e. The number of hydrogen-bond donors (Lipinski definition) is 2. The molecule has 1 amide bonds. The Hall–Kier alpha value is -3.08. The zero-order valence-electron chi connectivity index (χ0n) is 11.3. The third kappa shape index (κ3) is 2.56. The number of aryl methyl sites for hydroxylation is 1. The van der Waals surface area contributed by atoms with Crippen LogP contribution in [0, 0.1) is 6.92 Å². The average molecular weight is 318 g/mol. The van der Waals surface area contributed by atoms with Gasteiger partial charge in [0.25, 0.3) is 5.91 Å². The zero-order chi connectivity index (χ0) is 15.5. The second-order valence-electron chi connectivity index (χ2n) is 4.12. The Labute approximate surface area is 127 Å². The largest absolute Gasteiger partial charge is 0.378 e. The lowest BCUT2D eigenvalue weighted by Crippen LogP contribution is -2.22. The molecule has 3 N–H and O–H groups in total. The SMILES string of the molecule is Cc1nnn(-c2nonc2N)c1C(=O)N/N=C\c1cccs1. The maximum atomic E-state index is 12.2. The molecule has 3 rings (SSSR count). The topological polar surface area (TPSA) is 137 Å². The number of hydrogen-bond acceptors (Lipinski definition) is 9. The summed E-state index contributed by atoms with van der Waals surface area (Å²) in [6, 6.07) is 3.76. The minimum Gasteiger partial charge on any atom is -0.378 e. The van der Waals surface area contributed by atoms with Crippen LogP contribution in [-0.2, 0) is 0 Å². The number of rotatable bonds is 4. The van der Waals surface area contributed by atoms with Crippen molar-refractivity contribution in [1.29, 1.82) is 0 Å². The van der Waals surface area contributed by atoms with E-state index in [0.29, 0.717) is 5.69 Å². The van der Waals surface area contributed by atoms with Crippen LogP contribution in [0.3, 0.4) is 0 Å². The quantitative estimate of drug-likeness (QED) is 0.523. The van der Waals surface area contributed by atoms with E-state index < -0.39 is 5.91 Å². The molecule has 3 heterocycles. The molecule has 112 valence electrons. The number of aromatic nitrogens is 5. The van der Waals surface area contributed by atoms with Crippen molar-refractivity contribution in [2.75, 3.05) is 5.73 Å². The first-order valence-corrected chi connectivity index (χ1v) is 6.92. The van der Waals surface area contributed by atoms with E-state index in [-0.39, 0.29) is 17.3 Å². The predicted molar refractivity (Wildman–Crippen MR) is 77.7 cm³/mol. The van der Waals surface area contributed by atoms with Gasteiger partial charge in [-0.3, -0.25) is 4.79 Å². The van der Waals surface area contributed by atoms with Gasteiger partial charge < -0.3 is 5.73 Å². The van der Waals surface area contributed by atoms with E-state index in [1.54, 1.807) is 6.92 Å². The van der Waals surface area contributed by atoms with Crippen molar-refractivity contribution in [3.63, 3.8) is 0 Å². The molecule has 0 saturated carbocycles. The van der Waals surface area contributed by atoms with Crippen molar-refractivity contribution in [2.24, 2.45) is 5.10 Å². The van der Waals surface area contributed by atoms with Crippen molar-refractivity contribution in [2.45, 2.75) is 6.92 Å². The van der Waals surface area contributed by atoms with Gasteiger partial charge in [-0.2, -0.15) is 9.78 Å². The van der Waals surface area contributed by atoms with Gasteiger partial charge in [0.1, 0.15) is 0 Å². The normalized spacial score (nSPS) is 11.1. The molecule has 0 fully saturated rings. The van der Waals surface area contributed by atoms with E-state index in [2.05, 4.69) is 35.8 Å². The Bertz CT molecular complexity index is 819. The van der Waals surface area contributed by atoms with Crippen LogP contribution in [0.4, 0.5) is 5.82 Å². The molecule has 0 spiro atoms. The minimum atomic E-state index is -0.502. The third-order valence-electron chi connectivity index (χ3n) is 2.65. The highest BCUT2D eigenvalue weighted by molar-refractivity contribution is 7.11. The summed E-state index contributed by atoms with van der Waals surface area (Å²) in [5, 5.41) is 20.5. The standard InChI is InChI=1S/C11H10N8O2S/c1-6-8(11(20)15-13-5-7-3-2-4-22-7)19(18-14-6)10-9(12)16-21-17-10/h2-5H,1H3,(H2,12,16)(H,15,20)/b13-5-. The average Bonchev–Trinajstić information content (AvgIpc) is 3.20. The molecule has 0 bridgehead atoms. The van der Waals surface area contributed by atoms with E-state index in [0.717, 1.165) is 9.56 Å². The number of anilines is 1. The minimum absolute atomic E-state index is 0.000960. The molecule has 0 unspecified atom stereocenters. The van der Waals surface area contributed by atoms with E-state index in [1.165, 1.54) is 17.6 Å². The number of carbonyl (C=O) groups is 1. The number of thiophene rings is 1. The second kappa shape index (κ2) is 5.73. The van der Waals surface area contributed by atoms with Gasteiger partial charge in [0.05, 0.1) is 11.9 Å². The molecule has 3 aromatic heterocycles. The first-order chi connectivity index (χ1) is 10.7. The van der Waals surface area contributed by atoms with Crippen LogP contribution in [-0.4, -0.2) is 37.4 Å². The van der Waals surface area contributed by atoms with E-state index in [9.17, 15) is 4.79 Å². The van der Waals surface area contributed by atoms with E-state index >= 15 is 0 Å². The zero-order valence-corrected chi connectivity index (χ0v) is 12.1. The van der Waals surface area contributed by atoms with Crippen LogP contribution in [0.15, 0.2) is 27.2 Å². The number of nitrogens with zero attached hydrogens (tertiary/aromatic N) is 6. The van der Waals surface area contributed by atoms with Crippen molar-refractivity contribution >= 4 is 29.3 Å². The molecule has 0 aliphatic carbocycles. The van der Waals surface area contributed by atoms with Crippen LogP contribution in [0.25, 0.3) is 5.82 Å². The lowest BCUT2D eigenvalue weighted by molar-refractivity contribution is 0.0946. The van der Waals surface area contributed by atoms with Crippen LogP contribution in [0.5, 0.6) is 0 Å². The smallest absolute Gasteiger partial charge is 0.292 e. The first kappa shape index (κ1) is 13.9. The molecule has 0 saturated heterocycles. The molecule has 3 aromatic rings. The summed E-state index contributed by atoms with van der Waals surface area (Å²) in [6.45, 7) is 1.63. The van der Waals surface area contributed by atoms with Gasteiger partial charge in [0.2, 0.25) is 11.6 Å². The van der Waals surface area contributed by atoms with Crippen LogP contribution in [0.2, 0.25) is 0 Å². The van der Waals surface area contributed by atoms with Gasteiger partial charge in [0.15, 0.2) is 5.69 Å². The lowest BCUT2D eigenvalue weighted by Gasteiger charge is -2.02. The Morgan fingerprint density at radius 3 is 3.09 bits per heavy atom. The van der Waals surface area contributed by atoms with Gasteiger partial charge in [-0.25, -0.2) is 10.1 Å². The molecule has 11 heteroatoms. The van der Waals surface area contributed by atoms with Gasteiger partial charge in [0, 0.05) is 4.88 Å². The molecular weight excluding hydrogens is 308 g/mol. The number of nitrogens with two attached hydrogens (primary N) is 1. The Morgan fingerprint density at radius 2 is 2.41 bits per heavy atom. The van der Waals surface area contributed by atoms with Gasteiger partial charge in [-0.1, -0.05) is 11.3 Å². The van der Waals surface area contributed by atoms with Gasteiger partial charge in [-0.15, -0.1) is 16.4 Å². The molecule has 0 radical (unpaired) electrons. The lowest BCUT2D eigenvalue weighted by atomic mass is 10.3. The maximum absolute atomic E-state index is 12.2. The molecule has 0 atom stereocenters. The third-order valence-corrected chi connectivity index (χ3v) is 3.46. The molecule has 0 aliphatic rings. The van der Waals surface area contributed by atoms with Crippen molar-refractivity contribution in [1.82, 2.24) is 30.7 Å². The highest BCUT2D eigenvalue weighted by atomic mass is 32.1. The molecule has 0 aromatic carbocycles. The van der Waals surface area contributed by atoms with Crippen LogP contribution < -0.4 is 11.2 Å². The Kier molecular flexibility index (Phi) is 3.62. The highest BCUT2D eigenvalue weighted by Gasteiger charge is 2.22. The number of nitrogen functional groups attached to an aromatic ring is 1. The predicted octanol–water partition coefficient (Wildman–Crippen LogP) is 0.366. The van der Waals surface area contributed by atoms with E-state index in [1.807, 2.05) is 17.5 Å². The first-order valence-electron chi connectivity index (χ1n) is 6.04. The summed E-state index contributed by atoms with van der Waals surface area (Å²) in [4.78, 5) is 13.2. The molecule has 0 aliphatic heterocycles. The fraction of sp³-hybridized carbons (Fsp3) is 0.0909. The fourth-order valence-electron chi connectivity index (χ4n) is 1.68. The number of carbonyl (C=O) groups excluding carboxylic acids is 1. The van der Waals surface area contributed by atoms with Crippen LogP contribution >= 0.6 is 11.3 Å². The Morgan fingerprint density at radius 1 is 1.55 bits per heavy atom. The molecule has 10 nitrogen and oxygen atoms in total. The number of amides is 1. The molecular formula is C11H10N8O2S. The van der Waals surface area contributed by atoms with E-state index in [4.69, 9.17) is 5.73 Å². The second-order valence-corrected chi connectivity index (χ2v) is 5.10. The monoisotopic (exact) mass is 318 g/mol. The van der Waals surface area contributed by atoms with Gasteiger partial charge >= 0.3 is 0 Å². The molecule has 22 heavy (non-hydrogen) atoms. The highest BCUT2D eigenvalue weighted by Crippen LogP contribution is 2.14. The summed E-state index contributed by atoms with van der Waals surface area (Å²) in [6.07, 6.45) is 1.54. The van der Waals surface area contributed by atoms with Crippen molar-refractivity contribution in [3.8, 4) is 5.82 Å². The summed E-state index contributed by atoms with van der Waals surface area (Å²) >= 11 is 1.50. The van der Waals surface area contributed by atoms with Crippen molar-refractivity contribution < 1.29 is 9.42 Å². The number of nitrogens with one attached hydrogen (secondary N) is 1. The fourth-order valence-corrected chi connectivity index (χ4v) is 2.26. The van der Waals surface area contributed by atoms with Gasteiger partial charge in [-0.05, 0) is 28.7 Å². The summed E-state index contributed by atoms with van der Waals surface area (Å²) in [5.41, 5.74) is 8.54. The Balaban J connectivity index is 1.84. The number of hydrazone groups is 1. The van der Waals surface area contributed by atoms with Crippen molar-refractivity contribution in [3.05, 3.63) is 33.8 Å². The summed E-state index contributed by atoms with van der Waals surface area (Å²) in [5.74, 6) is -0.410. The summed E-state index contributed by atoms with van der Waals surface area (Å²) in [7, 11) is 0. The van der Waals surface area contributed by atoms with Crippen LogP contribution in [0.1, 0.15) is 21.1 Å². The summed E-state index contributed by atoms with van der Waals surface area (Å²) < 4.78 is 5.65.